The molecule has 0 spiro atoms. The van der Waals surface area contributed by atoms with Gasteiger partial charge in [0.2, 0.25) is 15.9 Å². The zero-order chi connectivity index (χ0) is 25.5. The highest BCUT2D eigenvalue weighted by atomic mass is 35.5. The summed E-state index contributed by atoms with van der Waals surface area (Å²) in [4.78, 5) is 12.9. The summed E-state index contributed by atoms with van der Waals surface area (Å²) in [5, 5.41) is 3.00. The summed E-state index contributed by atoms with van der Waals surface area (Å²) in [6, 6.07) is 29.2. The number of carbonyl (C=O) groups is 1. The van der Waals surface area contributed by atoms with Gasteiger partial charge in [0.1, 0.15) is 10.6 Å². The number of carbonyl (C=O) groups excluding carboxylic acids is 1. The van der Waals surface area contributed by atoms with Gasteiger partial charge in [-0.1, -0.05) is 83.9 Å². The first-order chi connectivity index (χ1) is 17.3. The van der Waals surface area contributed by atoms with Gasteiger partial charge in [-0.25, -0.2) is 8.42 Å². The van der Waals surface area contributed by atoms with Gasteiger partial charge < -0.3 is 10.1 Å². The first-order valence-corrected chi connectivity index (χ1v) is 13.1. The molecule has 0 bridgehead atoms. The third-order valence-corrected chi connectivity index (χ3v) is 7.67. The largest absolute Gasteiger partial charge is 0.455 e. The summed E-state index contributed by atoms with van der Waals surface area (Å²) < 4.78 is 34.1. The molecule has 0 aromatic heterocycles. The van der Waals surface area contributed by atoms with Gasteiger partial charge in [0, 0.05) is 11.6 Å². The normalized spacial score (nSPS) is 11.3. The van der Waals surface area contributed by atoms with Crippen LogP contribution in [0.5, 0.6) is 11.5 Å². The van der Waals surface area contributed by atoms with E-state index in [1.165, 1.54) is 18.2 Å². The minimum Gasteiger partial charge on any atom is -0.455 e. The Morgan fingerprint density at radius 3 is 2.19 bits per heavy atom. The number of hydrogen-bond donors (Lipinski definition) is 1. The zero-order valence-electron chi connectivity index (χ0n) is 19.0. The number of para-hydroxylation sites is 3. The van der Waals surface area contributed by atoms with Crippen LogP contribution in [-0.2, 0) is 21.4 Å². The number of nitrogens with one attached hydrogen (secondary N) is 1. The van der Waals surface area contributed by atoms with Crippen LogP contribution in [0.1, 0.15) is 5.56 Å². The lowest BCUT2D eigenvalue weighted by atomic mass is 10.2. The smallest absolute Gasteiger partial charge is 0.245 e. The number of hydrogen-bond acceptors (Lipinski definition) is 4. The van der Waals surface area contributed by atoms with Crippen molar-refractivity contribution in [1.29, 1.82) is 0 Å². The molecule has 184 valence electrons. The Hall–Kier alpha value is -3.36. The lowest BCUT2D eigenvalue weighted by Crippen LogP contribution is -2.37. The van der Waals surface area contributed by atoms with E-state index in [1.807, 2.05) is 24.3 Å². The van der Waals surface area contributed by atoms with Gasteiger partial charge in [-0.3, -0.25) is 4.79 Å². The van der Waals surface area contributed by atoms with Gasteiger partial charge in [0.05, 0.1) is 17.3 Å². The molecule has 4 rings (SSSR count). The van der Waals surface area contributed by atoms with Crippen molar-refractivity contribution in [2.24, 2.45) is 0 Å². The van der Waals surface area contributed by atoms with Crippen molar-refractivity contribution in [1.82, 2.24) is 4.31 Å². The minimum absolute atomic E-state index is 0.0134. The average molecular weight is 541 g/mol. The second kappa shape index (κ2) is 11.6. The first kappa shape index (κ1) is 25.7. The van der Waals surface area contributed by atoms with Crippen LogP contribution in [0.4, 0.5) is 5.69 Å². The van der Waals surface area contributed by atoms with Gasteiger partial charge in [0.15, 0.2) is 5.75 Å². The van der Waals surface area contributed by atoms with Crippen LogP contribution in [0, 0.1) is 0 Å². The number of sulfonamides is 1. The maximum Gasteiger partial charge on any atom is 0.245 e. The SMILES string of the molecule is O=C(CN(Cc1ccccc1)S(=O)(=O)c1cc(Cl)ccc1Cl)Nc1ccccc1Oc1ccccc1. The molecule has 0 unspecified atom stereocenters. The Balaban J connectivity index is 1.60. The van der Waals surface area contributed by atoms with Crippen molar-refractivity contribution in [3.05, 3.63) is 119 Å². The molecule has 0 saturated heterocycles. The van der Waals surface area contributed by atoms with Gasteiger partial charge >= 0.3 is 0 Å². The second-order valence-electron chi connectivity index (χ2n) is 7.79. The van der Waals surface area contributed by atoms with Crippen molar-refractivity contribution in [3.8, 4) is 11.5 Å². The summed E-state index contributed by atoms with van der Waals surface area (Å²) in [5.74, 6) is 0.479. The van der Waals surface area contributed by atoms with Gasteiger partial charge in [-0.15, -0.1) is 0 Å². The molecule has 0 aliphatic heterocycles. The lowest BCUT2D eigenvalue weighted by Gasteiger charge is -2.23. The third kappa shape index (κ3) is 6.44. The highest BCUT2D eigenvalue weighted by Gasteiger charge is 2.29. The van der Waals surface area contributed by atoms with Crippen molar-refractivity contribution in [3.63, 3.8) is 0 Å². The number of amides is 1. The monoisotopic (exact) mass is 540 g/mol. The van der Waals surface area contributed by atoms with Crippen LogP contribution in [0.2, 0.25) is 10.0 Å². The molecule has 1 N–H and O–H groups in total. The van der Waals surface area contributed by atoms with E-state index in [0.29, 0.717) is 22.7 Å². The molecule has 36 heavy (non-hydrogen) atoms. The van der Waals surface area contributed by atoms with Gasteiger partial charge in [-0.05, 0) is 48.0 Å². The molecule has 0 saturated carbocycles. The maximum atomic E-state index is 13.6. The second-order valence-corrected chi connectivity index (χ2v) is 10.5. The summed E-state index contributed by atoms with van der Waals surface area (Å²) in [5.41, 5.74) is 1.11. The van der Waals surface area contributed by atoms with Crippen LogP contribution in [-0.4, -0.2) is 25.2 Å². The molecule has 1 amide bonds. The Labute approximate surface area is 220 Å². The van der Waals surface area contributed by atoms with Crippen LogP contribution in [0.25, 0.3) is 0 Å². The molecule has 0 heterocycles. The quantitative estimate of drug-likeness (QED) is 0.259. The molecular weight excluding hydrogens is 519 g/mol. The Morgan fingerprint density at radius 2 is 1.47 bits per heavy atom. The molecule has 4 aromatic rings. The predicted molar refractivity (Wildman–Crippen MR) is 142 cm³/mol. The lowest BCUT2D eigenvalue weighted by molar-refractivity contribution is -0.116. The highest BCUT2D eigenvalue weighted by Crippen LogP contribution is 2.31. The fraction of sp³-hybridized carbons (Fsp3) is 0.0741. The van der Waals surface area contributed by atoms with E-state index in [-0.39, 0.29) is 21.5 Å². The molecule has 9 heteroatoms. The van der Waals surface area contributed by atoms with E-state index >= 15 is 0 Å². The average Bonchev–Trinajstić information content (AvgIpc) is 2.87. The van der Waals surface area contributed by atoms with E-state index in [0.717, 1.165) is 4.31 Å². The van der Waals surface area contributed by atoms with E-state index in [1.54, 1.807) is 60.7 Å². The highest BCUT2D eigenvalue weighted by molar-refractivity contribution is 7.89. The van der Waals surface area contributed by atoms with E-state index in [2.05, 4.69) is 5.32 Å². The van der Waals surface area contributed by atoms with E-state index in [4.69, 9.17) is 27.9 Å². The summed E-state index contributed by atoms with van der Waals surface area (Å²) in [6.45, 7) is -0.499. The van der Waals surface area contributed by atoms with Gasteiger partial charge in [-0.2, -0.15) is 4.31 Å². The van der Waals surface area contributed by atoms with Crippen LogP contribution in [0.3, 0.4) is 0 Å². The summed E-state index contributed by atoms with van der Waals surface area (Å²) in [6.07, 6.45) is 0. The molecule has 0 atom stereocenters. The number of benzene rings is 4. The molecule has 0 radical (unpaired) electrons. The number of halogens is 2. The Morgan fingerprint density at radius 1 is 0.833 bits per heavy atom. The van der Waals surface area contributed by atoms with Crippen LogP contribution >= 0.6 is 23.2 Å². The van der Waals surface area contributed by atoms with E-state index in [9.17, 15) is 13.2 Å². The topological polar surface area (TPSA) is 75.7 Å². The van der Waals surface area contributed by atoms with Crippen molar-refractivity contribution in [2.45, 2.75) is 11.4 Å². The first-order valence-electron chi connectivity index (χ1n) is 10.9. The van der Waals surface area contributed by atoms with Crippen molar-refractivity contribution >= 4 is 44.8 Å². The number of rotatable bonds is 9. The summed E-state index contributed by atoms with van der Waals surface area (Å²) in [7, 11) is -4.17. The minimum atomic E-state index is -4.17. The molecule has 0 aliphatic rings. The molecule has 4 aromatic carbocycles. The summed E-state index contributed by atoms with van der Waals surface area (Å²) >= 11 is 12.3. The number of anilines is 1. The van der Waals surface area contributed by atoms with Crippen LogP contribution in [0.15, 0.2) is 108 Å². The molecular formula is C27H22Cl2N2O4S. The molecule has 6 nitrogen and oxygen atoms in total. The number of nitrogens with zero attached hydrogens (tertiary/aromatic N) is 1. The fourth-order valence-corrected chi connectivity index (χ4v) is 5.57. The Kier molecular flexibility index (Phi) is 8.28. The van der Waals surface area contributed by atoms with Crippen molar-refractivity contribution in [2.75, 3.05) is 11.9 Å². The molecule has 0 fully saturated rings. The van der Waals surface area contributed by atoms with Crippen LogP contribution < -0.4 is 10.1 Å². The number of ether oxygens (including phenoxy) is 1. The maximum absolute atomic E-state index is 13.6. The molecule has 0 aliphatic carbocycles. The van der Waals surface area contributed by atoms with Crippen molar-refractivity contribution < 1.29 is 17.9 Å². The predicted octanol–water partition coefficient (Wildman–Crippen LogP) is 6.62. The van der Waals surface area contributed by atoms with E-state index < -0.39 is 22.5 Å². The van der Waals surface area contributed by atoms with Gasteiger partial charge in [0.25, 0.3) is 0 Å². The Bertz CT molecular complexity index is 1450. The standard InChI is InChI=1S/C27H22Cl2N2O4S/c28-21-15-16-23(29)26(17-21)36(33,34)31(18-20-9-3-1-4-10-20)19-27(32)30-24-13-7-8-14-25(24)35-22-11-5-2-6-12-22/h1-17H,18-19H2,(H,30,32). The third-order valence-electron chi connectivity index (χ3n) is 5.16. The fourth-order valence-electron chi connectivity index (χ4n) is 3.45. The zero-order valence-corrected chi connectivity index (χ0v) is 21.3.